The summed E-state index contributed by atoms with van der Waals surface area (Å²) in [7, 11) is 0. The number of benzene rings is 2. The molecule has 4 nitrogen and oxygen atoms in total. The fourth-order valence-electron chi connectivity index (χ4n) is 3.14. The second-order valence-corrected chi connectivity index (χ2v) is 8.59. The Hall–Kier alpha value is -1.76. The Labute approximate surface area is 179 Å². The summed E-state index contributed by atoms with van der Waals surface area (Å²) < 4.78 is 2.12. The minimum atomic E-state index is 0.133. The van der Waals surface area contributed by atoms with Crippen molar-refractivity contribution >= 4 is 48.5 Å². The van der Waals surface area contributed by atoms with Crippen LogP contribution in [0.2, 0.25) is 0 Å². The van der Waals surface area contributed by atoms with Crippen molar-refractivity contribution in [3.63, 3.8) is 0 Å². The number of nitrogens with zero attached hydrogens (tertiary/aromatic N) is 3. The summed E-state index contributed by atoms with van der Waals surface area (Å²) >= 11 is 5.10. The molecule has 1 aromatic heterocycles. The number of likely N-dealkylation sites (N-methyl/N-ethyl adjacent to an activating group) is 1. The van der Waals surface area contributed by atoms with Gasteiger partial charge in [-0.2, -0.15) is 0 Å². The molecule has 0 spiro atoms. The Bertz CT molecular complexity index is 909. The summed E-state index contributed by atoms with van der Waals surface area (Å²) in [6, 6.07) is 16.2. The van der Waals surface area contributed by atoms with E-state index in [1.165, 1.54) is 5.56 Å². The summed E-state index contributed by atoms with van der Waals surface area (Å²) in [5.41, 5.74) is 2.12. The number of halogens is 1. The van der Waals surface area contributed by atoms with E-state index in [9.17, 15) is 4.79 Å². The van der Waals surface area contributed by atoms with Crippen LogP contribution >= 0.6 is 27.3 Å². The zero-order valence-electron chi connectivity index (χ0n) is 16.4. The van der Waals surface area contributed by atoms with Gasteiger partial charge in [0.15, 0.2) is 5.13 Å². The number of amides is 1. The maximum atomic E-state index is 13.1. The molecule has 0 bridgehead atoms. The van der Waals surface area contributed by atoms with Crippen LogP contribution in [0, 0.1) is 0 Å². The van der Waals surface area contributed by atoms with E-state index < -0.39 is 0 Å². The van der Waals surface area contributed by atoms with Gasteiger partial charge in [-0.1, -0.05) is 71.4 Å². The van der Waals surface area contributed by atoms with Gasteiger partial charge in [-0.3, -0.25) is 9.69 Å². The third kappa shape index (κ3) is 5.40. The van der Waals surface area contributed by atoms with Gasteiger partial charge < -0.3 is 4.90 Å². The predicted molar refractivity (Wildman–Crippen MR) is 122 cm³/mol. The molecule has 0 aliphatic heterocycles. The van der Waals surface area contributed by atoms with Crippen LogP contribution in [-0.2, 0) is 11.2 Å². The highest BCUT2D eigenvalue weighted by atomic mass is 79.9. The molecule has 0 aliphatic rings. The Morgan fingerprint density at radius 3 is 2.54 bits per heavy atom. The zero-order valence-corrected chi connectivity index (χ0v) is 18.8. The number of rotatable bonds is 9. The summed E-state index contributed by atoms with van der Waals surface area (Å²) in [5, 5.41) is 0.790. The maximum Gasteiger partial charge on any atom is 0.229 e. The van der Waals surface area contributed by atoms with E-state index >= 15 is 0 Å². The van der Waals surface area contributed by atoms with Crippen molar-refractivity contribution in [2.24, 2.45) is 0 Å². The van der Waals surface area contributed by atoms with Crippen molar-refractivity contribution in [1.82, 2.24) is 9.88 Å². The van der Waals surface area contributed by atoms with Gasteiger partial charge in [0, 0.05) is 24.0 Å². The van der Waals surface area contributed by atoms with Gasteiger partial charge in [0.05, 0.1) is 10.2 Å². The summed E-state index contributed by atoms with van der Waals surface area (Å²) in [6.45, 7) is 7.78. The molecule has 2 aromatic carbocycles. The molecular formula is C22H26BrN3OS. The summed E-state index contributed by atoms with van der Waals surface area (Å²) in [6.07, 6.45) is 1.24. The average Bonchev–Trinajstić information content (AvgIpc) is 3.13. The van der Waals surface area contributed by atoms with Crippen molar-refractivity contribution in [2.75, 3.05) is 31.1 Å². The Morgan fingerprint density at radius 1 is 1.07 bits per heavy atom. The number of anilines is 1. The van der Waals surface area contributed by atoms with E-state index in [1.807, 2.05) is 35.2 Å². The number of carbonyl (C=O) groups is 1. The molecule has 0 N–H and O–H groups in total. The Morgan fingerprint density at radius 2 is 1.82 bits per heavy atom. The van der Waals surface area contributed by atoms with Crippen LogP contribution in [0.1, 0.15) is 25.8 Å². The lowest BCUT2D eigenvalue weighted by molar-refractivity contribution is -0.118. The van der Waals surface area contributed by atoms with E-state index in [1.54, 1.807) is 11.3 Å². The number of fused-ring (bicyclic) bond motifs is 1. The molecule has 3 rings (SSSR count). The second kappa shape index (κ2) is 10.1. The first kappa shape index (κ1) is 21.0. The molecule has 28 heavy (non-hydrogen) atoms. The third-order valence-electron chi connectivity index (χ3n) is 4.88. The van der Waals surface area contributed by atoms with Crippen LogP contribution in [0.5, 0.6) is 0 Å². The lowest BCUT2D eigenvalue weighted by Crippen LogP contribution is -2.39. The molecule has 1 amide bonds. The van der Waals surface area contributed by atoms with Gasteiger partial charge in [-0.15, -0.1) is 0 Å². The normalized spacial score (nSPS) is 11.3. The molecule has 0 fully saturated rings. The highest BCUT2D eigenvalue weighted by Crippen LogP contribution is 2.31. The molecule has 0 radical (unpaired) electrons. The van der Waals surface area contributed by atoms with Crippen LogP contribution in [-0.4, -0.2) is 42.0 Å². The quantitative estimate of drug-likeness (QED) is 0.431. The standard InChI is InChI=1S/C22H26BrN3OS/c1-3-25(4-2)14-15-26(21(27)13-10-17-8-6-5-7-9-17)22-24-19-12-11-18(23)16-20(19)28-22/h5-9,11-12,16H,3-4,10,13-15H2,1-2H3. The predicted octanol–water partition coefficient (Wildman–Crippen LogP) is 5.37. The van der Waals surface area contributed by atoms with E-state index in [0.29, 0.717) is 13.0 Å². The minimum absolute atomic E-state index is 0.133. The maximum absolute atomic E-state index is 13.1. The molecule has 0 saturated carbocycles. The largest absolute Gasteiger partial charge is 0.302 e. The van der Waals surface area contributed by atoms with Crippen molar-refractivity contribution in [1.29, 1.82) is 0 Å². The van der Waals surface area contributed by atoms with Crippen molar-refractivity contribution in [2.45, 2.75) is 26.7 Å². The van der Waals surface area contributed by atoms with Crippen molar-refractivity contribution in [3.8, 4) is 0 Å². The average molecular weight is 460 g/mol. The topological polar surface area (TPSA) is 36.4 Å². The van der Waals surface area contributed by atoms with Gasteiger partial charge in [0.1, 0.15) is 0 Å². The van der Waals surface area contributed by atoms with E-state index in [2.05, 4.69) is 52.9 Å². The number of hydrogen-bond acceptors (Lipinski definition) is 4. The van der Waals surface area contributed by atoms with Crippen LogP contribution in [0.3, 0.4) is 0 Å². The van der Waals surface area contributed by atoms with Crippen LogP contribution in [0.4, 0.5) is 5.13 Å². The molecule has 3 aromatic rings. The lowest BCUT2D eigenvalue weighted by Gasteiger charge is -2.24. The molecule has 148 valence electrons. The number of hydrogen-bond donors (Lipinski definition) is 0. The van der Waals surface area contributed by atoms with Gasteiger partial charge >= 0.3 is 0 Å². The van der Waals surface area contributed by atoms with E-state index in [0.717, 1.165) is 45.9 Å². The number of aryl methyl sites for hydroxylation is 1. The van der Waals surface area contributed by atoms with E-state index in [4.69, 9.17) is 4.98 Å². The van der Waals surface area contributed by atoms with Gasteiger partial charge in [0.25, 0.3) is 0 Å². The summed E-state index contributed by atoms with van der Waals surface area (Å²) in [4.78, 5) is 22.1. The Balaban J connectivity index is 1.79. The molecule has 0 atom stereocenters. The SMILES string of the molecule is CCN(CC)CCN(C(=O)CCc1ccccc1)c1nc2ccc(Br)cc2s1. The smallest absolute Gasteiger partial charge is 0.229 e. The fourth-order valence-corrected chi connectivity index (χ4v) is 4.70. The number of carbonyl (C=O) groups excluding carboxylic acids is 1. The van der Waals surface area contributed by atoms with E-state index in [-0.39, 0.29) is 5.91 Å². The third-order valence-corrected chi connectivity index (χ3v) is 6.41. The van der Waals surface area contributed by atoms with Crippen molar-refractivity contribution < 1.29 is 4.79 Å². The monoisotopic (exact) mass is 459 g/mol. The molecule has 6 heteroatoms. The highest BCUT2D eigenvalue weighted by Gasteiger charge is 2.20. The fraction of sp³-hybridized carbons (Fsp3) is 0.364. The lowest BCUT2D eigenvalue weighted by atomic mass is 10.1. The highest BCUT2D eigenvalue weighted by molar-refractivity contribution is 9.10. The van der Waals surface area contributed by atoms with Gasteiger partial charge in [-0.05, 0) is 43.3 Å². The number of thiazole rings is 1. The van der Waals surface area contributed by atoms with Crippen LogP contribution in [0.25, 0.3) is 10.2 Å². The van der Waals surface area contributed by atoms with Gasteiger partial charge in [0.2, 0.25) is 5.91 Å². The second-order valence-electron chi connectivity index (χ2n) is 6.67. The minimum Gasteiger partial charge on any atom is -0.302 e. The van der Waals surface area contributed by atoms with Crippen LogP contribution < -0.4 is 4.90 Å². The first-order valence-corrected chi connectivity index (χ1v) is 11.3. The number of aromatic nitrogens is 1. The first-order chi connectivity index (χ1) is 13.6. The summed E-state index contributed by atoms with van der Waals surface area (Å²) in [5.74, 6) is 0.133. The molecule has 0 unspecified atom stereocenters. The van der Waals surface area contributed by atoms with Gasteiger partial charge in [-0.25, -0.2) is 4.98 Å². The molecular weight excluding hydrogens is 434 g/mol. The van der Waals surface area contributed by atoms with Crippen LogP contribution in [0.15, 0.2) is 53.0 Å². The molecule has 0 saturated heterocycles. The Kier molecular flexibility index (Phi) is 7.59. The van der Waals surface area contributed by atoms with Crippen molar-refractivity contribution in [3.05, 3.63) is 58.6 Å². The molecule has 1 heterocycles. The first-order valence-electron chi connectivity index (χ1n) is 9.73. The zero-order chi connectivity index (χ0) is 19.9. The molecule has 0 aliphatic carbocycles.